The van der Waals surface area contributed by atoms with Crippen molar-refractivity contribution in [2.75, 3.05) is 12.4 Å². The first-order valence-electron chi connectivity index (χ1n) is 6.64. The minimum atomic E-state index is -4.44. The zero-order valence-corrected chi connectivity index (χ0v) is 13.3. The molecular weight excluding hydrogens is 333 g/mol. The van der Waals surface area contributed by atoms with Gasteiger partial charge < -0.3 is 10.1 Å². The summed E-state index contributed by atoms with van der Waals surface area (Å²) < 4.78 is 44.3. The van der Waals surface area contributed by atoms with Gasteiger partial charge in [-0.1, -0.05) is 0 Å². The van der Waals surface area contributed by atoms with Crippen LogP contribution in [-0.4, -0.2) is 27.8 Å². The third-order valence-electron chi connectivity index (χ3n) is 3.14. The van der Waals surface area contributed by atoms with E-state index < -0.39 is 11.7 Å². The van der Waals surface area contributed by atoms with Crippen LogP contribution < -0.4 is 5.32 Å². The Balaban J connectivity index is 1.98. The van der Waals surface area contributed by atoms with Gasteiger partial charge in [0.05, 0.1) is 43.2 Å². The average Bonchev–Trinajstić information content (AvgIpc) is 3.08. The van der Waals surface area contributed by atoms with Gasteiger partial charge in [-0.3, -0.25) is 9.48 Å². The number of carbonyl (C=O) groups excluding carboxylic acids is 1. The van der Waals surface area contributed by atoms with Crippen LogP contribution in [0.3, 0.4) is 0 Å². The van der Waals surface area contributed by atoms with E-state index in [2.05, 4.69) is 20.1 Å². The highest BCUT2D eigenvalue weighted by Crippen LogP contribution is 2.32. The molecule has 0 saturated heterocycles. The van der Waals surface area contributed by atoms with Crippen molar-refractivity contribution in [2.24, 2.45) is 7.05 Å². The lowest BCUT2D eigenvalue weighted by Gasteiger charge is -2.09. The molecule has 0 fully saturated rings. The normalized spacial score (nSPS) is 11.5. The van der Waals surface area contributed by atoms with Crippen molar-refractivity contribution in [2.45, 2.75) is 25.6 Å². The predicted molar refractivity (Wildman–Crippen MR) is 78.0 cm³/mol. The van der Waals surface area contributed by atoms with Gasteiger partial charge in [0, 0.05) is 18.8 Å². The first-order valence-corrected chi connectivity index (χ1v) is 7.52. The number of rotatable bonds is 6. The van der Waals surface area contributed by atoms with Crippen LogP contribution in [-0.2, 0) is 35.7 Å². The van der Waals surface area contributed by atoms with Crippen LogP contribution >= 0.6 is 11.3 Å². The Morgan fingerprint density at radius 2 is 2.22 bits per heavy atom. The number of hydrogen-bond donors (Lipinski definition) is 1. The topological polar surface area (TPSA) is 69.0 Å². The molecule has 0 aliphatic rings. The molecular formula is C13H15F3N4O2S. The van der Waals surface area contributed by atoms with Crippen molar-refractivity contribution in [1.82, 2.24) is 14.8 Å². The lowest BCUT2D eigenvalue weighted by molar-refractivity contribution is -0.140. The number of thiazole rings is 1. The third kappa shape index (κ3) is 4.44. The van der Waals surface area contributed by atoms with Gasteiger partial charge in [0.1, 0.15) is 0 Å². The molecule has 0 atom stereocenters. The zero-order valence-electron chi connectivity index (χ0n) is 12.5. The number of aromatic nitrogens is 3. The summed E-state index contributed by atoms with van der Waals surface area (Å²) in [6.45, 7) is -0.0463. The quantitative estimate of drug-likeness (QED) is 0.813. The van der Waals surface area contributed by atoms with Gasteiger partial charge in [-0.25, -0.2) is 4.98 Å². The second-order valence-corrected chi connectivity index (χ2v) is 5.56. The smallest absolute Gasteiger partial charge is 0.419 e. The van der Waals surface area contributed by atoms with E-state index in [1.165, 1.54) is 30.2 Å². The van der Waals surface area contributed by atoms with Crippen molar-refractivity contribution in [3.05, 3.63) is 28.5 Å². The SMILES string of the molecule is COC(=O)CCc1csc(NCc2c(C(F)(F)F)cnn2C)n1. The largest absolute Gasteiger partial charge is 0.469 e. The summed E-state index contributed by atoms with van der Waals surface area (Å²) in [6.07, 6.45) is -3.01. The van der Waals surface area contributed by atoms with E-state index in [1.54, 1.807) is 5.38 Å². The number of esters is 1. The van der Waals surface area contributed by atoms with Crippen molar-refractivity contribution in [3.8, 4) is 0 Å². The Kier molecular flexibility index (Phi) is 5.24. The molecule has 2 aromatic heterocycles. The predicted octanol–water partition coefficient (Wildman–Crippen LogP) is 2.61. The van der Waals surface area contributed by atoms with Crippen molar-refractivity contribution < 1.29 is 22.7 Å². The summed E-state index contributed by atoms with van der Waals surface area (Å²) in [7, 11) is 2.76. The number of anilines is 1. The van der Waals surface area contributed by atoms with Crippen molar-refractivity contribution in [1.29, 1.82) is 0 Å². The third-order valence-corrected chi connectivity index (χ3v) is 3.99. The summed E-state index contributed by atoms with van der Waals surface area (Å²) in [4.78, 5) is 15.3. The standard InChI is InChI=1S/C13H15F3N4O2S/c1-20-10(9(5-18-20)13(14,15)16)6-17-12-19-8(7-23-12)3-4-11(21)22-2/h5,7H,3-4,6H2,1-2H3,(H,17,19). The molecule has 0 saturated carbocycles. The molecule has 0 unspecified atom stereocenters. The van der Waals surface area contributed by atoms with E-state index in [0.717, 1.165) is 6.20 Å². The number of carbonyl (C=O) groups is 1. The molecule has 1 N–H and O–H groups in total. The maximum atomic E-state index is 12.9. The number of nitrogens with one attached hydrogen (secondary N) is 1. The maximum Gasteiger partial charge on any atom is 0.419 e. The van der Waals surface area contributed by atoms with E-state index in [1.807, 2.05) is 0 Å². The molecule has 23 heavy (non-hydrogen) atoms. The van der Waals surface area contributed by atoms with Crippen LogP contribution in [0.15, 0.2) is 11.6 Å². The summed E-state index contributed by atoms with van der Waals surface area (Å²) in [5.74, 6) is -0.336. The minimum Gasteiger partial charge on any atom is -0.469 e. The van der Waals surface area contributed by atoms with Crippen LogP contribution in [0, 0.1) is 0 Å². The molecule has 2 aromatic rings. The van der Waals surface area contributed by atoms with E-state index in [-0.39, 0.29) is 24.6 Å². The number of alkyl halides is 3. The van der Waals surface area contributed by atoms with Gasteiger partial charge >= 0.3 is 12.1 Å². The van der Waals surface area contributed by atoms with E-state index in [9.17, 15) is 18.0 Å². The summed E-state index contributed by atoms with van der Waals surface area (Å²) in [5.41, 5.74) is -0.0530. The Labute approximate surface area is 134 Å². The highest BCUT2D eigenvalue weighted by atomic mass is 32.1. The van der Waals surface area contributed by atoms with Crippen LogP contribution in [0.4, 0.5) is 18.3 Å². The highest BCUT2D eigenvalue weighted by molar-refractivity contribution is 7.13. The Hall–Kier alpha value is -2.10. The van der Waals surface area contributed by atoms with Gasteiger partial charge in [-0.15, -0.1) is 11.3 Å². The van der Waals surface area contributed by atoms with Gasteiger partial charge in [0.25, 0.3) is 0 Å². The van der Waals surface area contributed by atoms with Crippen LogP contribution in [0.5, 0.6) is 0 Å². The number of methoxy groups -OCH3 is 1. The molecule has 0 aliphatic carbocycles. The fourth-order valence-electron chi connectivity index (χ4n) is 1.90. The van der Waals surface area contributed by atoms with Gasteiger partial charge in [-0.05, 0) is 0 Å². The number of halogens is 3. The van der Waals surface area contributed by atoms with Crippen molar-refractivity contribution >= 4 is 22.4 Å². The first kappa shape index (κ1) is 17.3. The molecule has 2 heterocycles. The first-order chi connectivity index (χ1) is 10.8. The molecule has 6 nitrogen and oxygen atoms in total. The Bertz CT molecular complexity index is 681. The van der Waals surface area contributed by atoms with Gasteiger partial charge in [0.15, 0.2) is 5.13 Å². The van der Waals surface area contributed by atoms with E-state index >= 15 is 0 Å². The molecule has 0 aromatic carbocycles. The number of aryl methyl sites for hydroxylation is 2. The lowest BCUT2D eigenvalue weighted by Crippen LogP contribution is -2.13. The monoisotopic (exact) mass is 348 g/mol. The zero-order chi connectivity index (χ0) is 17.0. The van der Waals surface area contributed by atoms with Gasteiger partial charge in [0.2, 0.25) is 0 Å². The summed E-state index contributed by atoms with van der Waals surface area (Å²) in [5, 5.41) is 8.73. The Morgan fingerprint density at radius 1 is 1.48 bits per heavy atom. The van der Waals surface area contributed by atoms with Crippen LogP contribution in [0.25, 0.3) is 0 Å². The molecule has 126 valence electrons. The molecule has 0 amide bonds. The molecule has 0 radical (unpaired) electrons. The molecule has 0 aliphatic heterocycles. The summed E-state index contributed by atoms with van der Waals surface area (Å²) in [6, 6.07) is 0. The van der Waals surface area contributed by atoms with Crippen LogP contribution in [0.1, 0.15) is 23.4 Å². The van der Waals surface area contributed by atoms with E-state index in [0.29, 0.717) is 17.2 Å². The van der Waals surface area contributed by atoms with Crippen molar-refractivity contribution in [3.63, 3.8) is 0 Å². The minimum absolute atomic E-state index is 0.0313. The summed E-state index contributed by atoms with van der Waals surface area (Å²) >= 11 is 1.26. The van der Waals surface area contributed by atoms with Crippen LogP contribution in [0.2, 0.25) is 0 Å². The second-order valence-electron chi connectivity index (χ2n) is 4.70. The maximum absolute atomic E-state index is 12.9. The van der Waals surface area contributed by atoms with Gasteiger partial charge in [-0.2, -0.15) is 18.3 Å². The highest BCUT2D eigenvalue weighted by Gasteiger charge is 2.35. The molecule has 0 bridgehead atoms. The Morgan fingerprint density at radius 3 is 2.87 bits per heavy atom. The lowest BCUT2D eigenvalue weighted by atomic mass is 10.2. The average molecular weight is 348 g/mol. The molecule has 0 spiro atoms. The number of hydrogen-bond acceptors (Lipinski definition) is 6. The number of ether oxygens (including phenoxy) is 1. The molecule has 10 heteroatoms. The second kappa shape index (κ2) is 6.99. The fourth-order valence-corrected chi connectivity index (χ4v) is 2.65. The molecule has 2 rings (SSSR count). The number of nitrogens with zero attached hydrogens (tertiary/aromatic N) is 3. The van der Waals surface area contributed by atoms with E-state index in [4.69, 9.17) is 0 Å². The fraction of sp³-hybridized carbons (Fsp3) is 0.462.